The summed E-state index contributed by atoms with van der Waals surface area (Å²) in [7, 11) is 0. The molecule has 0 heterocycles. The van der Waals surface area contributed by atoms with Crippen LogP contribution in [0, 0.1) is 16.0 Å². The summed E-state index contributed by atoms with van der Waals surface area (Å²) in [6.07, 6.45) is 6.17. The van der Waals surface area contributed by atoms with Gasteiger partial charge in [0, 0.05) is 25.2 Å². The van der Waals surface area contributed by atoms with Gasteiger partial charge in [0.2, 0.25) is 5.91 Å². The number of carbonyl (C=O) groups is 1. The summed E-state index contributed by atoms with van der Waals surface area (Å²) in [5, 5.41) is 10.9. The quantitative estimate of drug-likeness (QED) is 0.409. The zero-order chi connectivity index (χ0) is 18.2. The van der Waals surface area contributed by atoms with E-state index in [-0.39, 0.29) is 24.3 Å². The van der Waals surface area contributed by atoms with Crippen LogP contribution in [-0.2, 0) is 16.1 Å². The fourth-order valence-electron chi connectivity index (χ4n) is 3.21. The topological polar surface area (TPSA) is 72.7 Å². The van der Waals surface area contributed by atoms with Crippen LogP contribution in [0.25, 0.3) is 0 Å². The lowest BCUT2D eigenvalue weighted by Gasteiger charge is -2.28. The molecular weight excluding hydrogens is 320 g/mol. The number of carbonyl (C=O) groups excluding carboxylic acids is 1. The van der Waals surface area contributed by atoms with Gasteiger partial charge in [-0.05, 0) is 24.3 Å². The highest BCUT2D eigenvalue weighted by atomic mass is 16.6. The number of rotatable bonds is 8. The number of hydrogen-bond acceptors (Lipinski definition) is 4. The Hall–Kier alpha value is -2.21. The highest BCUT2D eigenvalue weighted by molar-refractivity contribution is 5.77. The van der Waals surface area contributed by atoms with E-state index in [1.54, 1.807) is 23.1 Å². The Kier molecular flexibility index (Phi) is 7.13. The van der Waals surface area contributed by atoms with Crippen LogP contribution in [0.3, 0.4) is 0 Å². The standard InChI is InChI=1S/C19H26N2O4/c1-3-10-20(13-16-7-5-8-17(12-16)21(23)24)19(22)14-25-18-9-4-6-15(2)11-18/h3,5,7-8,12,15,18H,1,4,6,9-11,13-14H2,2H3. The maximum Gasteiger partial charge on any atom is 0.269 e. The fraction of sp³-hybridized carbons (Fsp3) is 0.526. The molecule has 6 nitrogen and oxygen atoms in total. The van der Waals surface area contributed by atoms with Crippen LogP contribution in [0.4, 0.5) is 5.69 Å². The minimum atomic E-state index is -0.434. The third kappa shape index (κ3) is 5.98. The van der Waals surface area contributed by atoms with Gasteiger partial charge in [-0.1, -0.05) is 38.0 Å². The molecular formula is C19H26N2O4. The first kappa shape index (κ1) is 19.1. The summed E-state index contributed by atoms with van der Waals surface area (Å²) in [5.74, 6) is 0.521. The van der Waals surface area contributed by atoms with Crippen molar-refractivity contribution in [3.05, 3.63) is 52.6 Å². The maximum absolute atomic E-state index is 12.5. The van der Waals surface area contributed by atoms with E-state index in [4.69, 9.17) is 4.74 Å². The zero-order valence-electron chi connectivity index (χ0n) is 14.7. The van der Waals surface area contributed by atoms with E-state index >= 15 is 0 Å². The summed E-state index contributed by atoms with van der Waals surface area (Å²) >= 11 is 0. The predicted octanol–water partition coefficient (Wildman–Crippen LogP) is 3.70. The minimum absolute atomic E-state index is 0.0240. The highest BCUT2D eigenvalue weighted by Crippen LogP contribution is 2.25. The van der Waals surface area contributed by atoms with Gasteiger partial charge in [-0.3, -0.25) is 14.9 Å². The van der Waals surface area contributed by atoms with Gasteiger partial charge in [-0.2, -0.15) is 0 Å². The average Bonchev–Trinajstić information content (AvgIpc) is 2.59. The predicted molar refractivity (Wildman–Crippen MR) is 96.1 cm³/mol. The molecule has 1 aliphatic rings. The number of nitro benzene ring substituents is 1. The van der Waals surface area contributed by atoms with Crippen LogP contribution < -0.4 is 0 Å². The number of nitro groups is 1. The van der Waals surface area contributed by atoms with Gasteiger partial charge in [0.1, 0.15) is 6.61 Å². The summed E-state index contributed by atoms with van der Waals surface area (Å²) in [4.78, 5) is 24.6. The number of non-ortho nitro benzene ring substituents is 1. The Bertz CT molecular complexity index is 617. The molecule has 6 heteroatoms. The van der Waals surface area contributed by atoms with Gasteiger partial charge in [0.15, 0.2) is 0 Å². The molecule has 2 unspecified atom stereocenters. The molecule has 1 aliphatic carbocycles. The first-order chi connectivity index (χ1) is 12.0. The Morgan fingerprint density at radius 2 is 2.28 bits per heavy atom. The van der Waals surface area contributed by atoms with Crippen molar-refractivity contribution in [3.8, 4) is 0 Å². The molecule has 1 saturated carbocycles. The summed E-state index contributed by atoms with van der Waals surface area (Å²) in [6.45, 7) is 6.62. The molecule has 0 aromatic heterocycles. The van der Waals surface area contributed by atoms with Crippen molar-refractivity contribution in [2.75, 3.05) is 13.2 Å². The monoisotopic (exact) mass is 346 g/mol. The van der Waals surface area contributed by atoms with Crippen molar-refractivity contribution >= 4 is 11.6 Å². The zero-order valence-corrected chi connectivity index (χ0v) is 14.7. The van der Waals surface area contributed by atoms with Crippen LogP contribution in [0.2, 0.25) is 0 Å². The van der Waals surface area contributed by atoms with Gasteiger partial charge in [-0.25, -0.2) is 0 Å². The van der Waals surface area contributed by atoms with Crippen molar-refractivity contribution in [1.29, 1.82) is 0 Å². The Labute approximate surface area is 148 Å². The third-order valence-corrected chi connectivity index (χ3v) is 4.53. The van der Waals surface area contributed by atoms with Gasteiger partial charge in [0.05, 0.1) is 11.0 Å². The van der Waals surface area contributed by atoms with Crippen LogP contribution in [0.5, 0.6) is 0 Å². The Balaban J connectivity index is 1.94. The molecule has 1 amide bonds. The second kappa shape index (κ2) is 9.32. The van der Waals surface area contributed by atoms with Gasteiger partial charge in [-0.15, -0.1) is 6.58 Å². The minimum Gasteiger partial charge on any atom is -0.368 e. The molecule has 1 aromatic rings. The smallest absolute Gasteiger partial charge is 0.269 e. The SMILES string of the molecule is C=CCN(Cc1cccc([N+](=O)[O-])c1)C(=O)COC1CCCC(C)C1. The number of hydrogen-bond donors (Lipinski definition) is 0. The van der Waals surface area contributed by atoms with Gasteiger partial charge in [0.25, 0.3) is 5.69 Å². The molecule has 0 aliphatic heterocycles. The number of nitrogens with zero attached hydrogens (tertiary/aromatic N) is 2. The number of benzene rings is 1. The van der Waals surface area contributed by atoms with E-state index in [1.807, 2.05) is 0 Å². The van der Waals surface area contributed by atoms with Crippen molar-refractivity contribution in [3.63, 3.8) is 0 Å². The molecule has 0 N–H and O–H groups in total. The van der Waals surface area contributed by atoms with E-state index in [1.165, 1.54) is 18.6 Å². The van der Waals surface area contributed by atoms with E-state index in [0.29, 0.717) is 19.0 Å². The molecule has 0 spiro atoms. The van der Waals surface area contributed by atoms with Crippen molar-refractivity contribution < 1.29 is 14.5 Å². The maximum atomic E-state index is 12.5. The molecule has 0 saturated heterocycles. The second-order valence-corrected chi connectivity index (χ2v) is 6.69. The van der Waals surface area contributed by atoms with Crippen molar-refractivity contribution in [2.24, 2.45) is 5.92 Å². The molecule has 0 bridgehead atoms. The molecule has 1 aromatic carbocycles. The second-order valence-electron chi connectivity index (χ2n) is 6.69. The lowest BCUT2D eigenvalue weighted by atomic mass is 9.89. The Morgan fingerprint density at radius 1 is 1.48 bits per heavy atom. The number of amides is 1. The van der Waals surface area contributed by atoms with E-state index in [0.717, 1.165) is 24.8 Å². The molecule has 1 fully saturated rings. The average molecular weight is 346 g/mol. The van der Waals surface area contributed by atoms with E-state index in [9.17, 15) is 14.9 Å². The summed E-state index contributed by atoms with van der Waals surface area (Å²) < 4.78 is 5.81. The first-order valence-electron chi connectivity index (χ1n) is 8.73. The normalized spacial score (nSPS) is 20.0. The van der Waals surface area contributed by atoms with Crippen LogP contribution in [0.1, 0.15) is 38.2 Å². The lowest BCUT2D eigenvalue weighted by Crippen LogP contribution is -2.35. The van der Waals surface area contributed by atoms with E-state index in [2.05, 4.69) is 13.5 Å². The summed E-state index contributed by atoms with van der Waals surface area (Å²) in [6, 6.07) is 6.34. The van der Waals surface area contributed by atoms with Crippen molar-refractivity contribution in [1.82, 2.24) is 4.90 Å². The fourth-order valence-corrected chi connectivity index (χ4v) is 3.21. The Morgan fingerprint density at radius 3 is 2.96 bits per heavy atom. The first-order valence-corrected chi connectivity index (χ1v) is 8.73. The van der Waals surface area contributed by atoms with Crippen LogP contribution >= 0.6 is 0 Å². The van der Waals surface area contributed by atoms with Crippen molar-refractivity contribution in [2.45, 2.75) is 45.3 Å². The largest absolute Gasteiger partial charge is 0.368 e. The summed E-state index contributed by atoms with van der Waals surface area (Å²) in [5.41, 5.74) is 0.742. The lowest BCUT2D eigenvalue weighted by molar-refractivity contribution is -0.384. The third-order valence-electron chi connectivity index (χ3n) is 4.53. The number of ether oxygens (including phenoxy) is 1. The van der Waals surface area contributed by atoms with E-state index < -0.39 is 4.92 Å². The molecule has 2 rings (SSSR count). The van der Waals surface area contributed by atoms with Crippen LogP contribution in [-0.4, -0.2) is 35.0 Å². The highest BCUT2D eigenvalue weighted by Gasteiger charge is 2.22. The molecule has 0 radical (unpaired) electrons. The molecule has 25 heavy (non-hydrogen) atoms. The van der Waals surface area contributed by atoms with Gasteiger partial charge >= 0.3 is 0 Å². The van der Waals surface area contributed by atoms with Gasteiger partial charge < -0.3 is 9.64 Å². The molecule has 136 valence electrons. The van der Waals surface area contributed by atoms with Crippen LogP contribution in [0.15, 0.2) is 36.9 Å². The molecule has 2 atom stereocenters.